The van der Waals surface area contributed by atoms with Crippen molar-refractivity contribution in [1.82, 2.24) is 0 Å². The van der Waals surface area contributed by atoms with Crippen LogP contribution in [0.5, 0.6) is 0 Å². The topological polar surface area (TPSA) is 87.2 Å². The van der Waals surface area contributed by atoms with Gasteiger partial charge in [-0.3, -0.25) is 4.79 Å². The van der Waals surface area contributed by atoms with Crippen molar-refractivity contribution in [2.24, 2.45) is 32.8 Å². The molecule has 0 amide bonds. The van der Waals surface area contributed by atoms with Crippen LogP contribution in [-0.4, -0.2) is 5.97 Å². The molecular formula is C18H27ClN4O2. The number of nitrogens with one attached hydrogen (secondary N) is 1. The number of rotatable bonds is 6. The first-order chi connectivity index (χ1) is 12.1. The molecule has 1 aromatic carbocycles. The second kappa shape index (κ2) is 12.5. The number of carbonyl (C=O) groups is 1. The van der Waals surface area contributed by atoms with Gasteiger partial charge in [0.1, 0.15) is 6.61 Å². The summed E-state index contributed by atoms with van der Waals surface area (Å²) in [5.41, 5.74) is 6.95. The smallest absolute Gasteiger partial charge is 0.309 e. The van der Waals surface area contributed by atoms with Crippen molar-refractivity contribution in [3.63, 3.8) is 0 Å². The van der Waals surface area contributed by atoms with Crippen molar-refractivity contribution >= 4 is 17.7 Å². The Labute approximate surface area is 154 Å². The van der Waals surface area contributed by atoms with E-state index >= 15 is 0 Å². The molecule has 0 saturated heterocycles. The Kier molecular flexibility index (Phi) is 10.6. The average Bonchev–Trinajstić information content (AvgIpc) is 2.64. The van der Waals surface area contributed by atoms with E-state index in [9.17, 15) is 4.79 Å². The Bertz CT molecular complexity index is 539. The summed E-state index contributed by atoms with van der Waals surface area (Å²) in [6.45, 7) is 4.80. The fraction of sp³-hybridized carbons (Fsp3) is 0.611. The molecule has 6 nitrogen and oxygen atoms in total. The van der Waals surface area contributed by atoms with Crippen LogP contribution < -0.4 is 0 Å². The maximum Gasteiger partial charge on any atom is 0.309 e. The van der Waals surface area contributed by atoms with Crippen molar-refractivity contribution in [2.75, 3.05) is 0 Å². The molecule has 0 heterocycles. The minimum atomic E-state index is -0.00453. The normalized spacial score (nSPS) is 21.1. The Morgan fingerprint density at radius 3 is 2.52 bits per heavy atom. The SMILES string of the molecule is CC[C@@H](C(=O)OCc1ccccc1)[C@H]1CCCC[C@H]1C.N=NN=NCl. The van der Waals surface area contributed by atoms with Gasteiger partial charge in [-0.2, -0.15) is 5.53 Å². The van der Waals surface area contributed by atoms with E-state index in [1.165, 1.54) is 25.7 Å². The zero-order valence-electron chi connectivity index (χ0n) is 14.9. The summed E-state index contributed by atoms with van der Waals surface area (Å²) in [4.78, 5) is 12.4. The third-order valence-electron chi connectivity index (χ3n) is 4.74. The van der Waals surface area contributed by atoms with E-state index in [1.807, 2.05) is 30.3 Å². The summed E-state index contributed by atoms with van der Waals surface area (Å²) >= 11 is 4.55. The van der Waals surface area contributed by atoms with Crippen molar-refractivity contribution in [3.8, 4) is 0 Å². The van der Waals surface area contributed by atoms with E-state index in [2.05, 4.69) is 40.7 Å². The first-order valence-corrected chi connectivity index (χ1v) is 9.06. The highest BCUT2D eigenvalue weighted by molar-refractivity contribution is 6.13. The predicted octanol–water partition coefficient (Wildman–Crippen LogP) is 6.12. The van der Waals surface area contributed by atoms with E-state index in [4.69, 9.17) is 10.3 Å². The quantitative estimate of drug-likeness (QED) is 0.373. The number of benzene rings is 1. The van der Waals surface area contributed by atoms with Gasteiger partial charge >= 0.3 is 5.97 Å². The molecule has 1 aliphatic carbocycles. The Morgan fingerprint density at radius 1 is 1.32 bits per heavy atom. The summed E-state index contributed by atoms with van der Waals surface area (Å²) in [6, 6.07) is 9.92. The molecule has 1 aliphatic rings. The number of hydrogen-bond donors (Lipinski definition) is 1. The number of esters is 1. The molecule has 3 atom stereocenters. The van der Waals surface area contributed by atoms with Gasteiger partial charge in [-0.05, 0) is 40.7 Å². The number of carbonyl (C=O) groups excluding carboxylic acids is 1. The highest BCUT2D eigenvalue weighted by Gasteiger charge is 2.33. The molecule has 0 radical (unpaired) electrons. The average molecular weight is 367 g/mol. The van der Waals surface area contributed by atoms with Crippen LogP contribution in [0.25, 0.3) is 0 Å². The first-order valence-electron chi connectivity index (χ1n) is 8.72. The fourth-order valence-corrected chi connectivity index (χ4v) is 3.47. The molecule has 1 saturated carbocycles. The van der Waals surface area contributed by atoms with Crippen molar-refractivity contribution in [2.45, 2.75) is 52.6 Å². The van der Waals surface area contributed by atoms with Crippen molar-refractivity contribution in [1.29, 1.82) is 5.53 Å². The van der Waals surface area contributed by atoms with Crippen molar-refractivity contribution in [3.05, 3.63) is 35.9 Å². The third-order valence-corrected chi connectivity index (χ3v) is 4.81. The second-order valence-corrected chi connectivity index (χ2v) is 6.45. The van der Waals surface area contributed by atoms with E-state index in [0.717, 1.165) is 12.0 Å². The maximum atomic E-state index is 12.4. The highest BCUT2D eigenvalue weighted by Crippen LogP contribution is 2.37. The lowest BCUT2D eigenvalue weighted by Crippen LogP contribution is -2.31. The molecule has 1 aromatic rings. The standard InChI is InChI=1S/C18H26O2.ClHN4/c1-3-16(17-12-8-7-9-14(17)2)18(19)20-13-15-10-5-4-6-11-15;1-3-5-4-2/h4-6,10-11,14,16-17H,3,7-9,12-13H2,1-2H3;2H/t14-,16-,17+;/m1./s1. The minimum Gasteiger partial charge on any atom is -0.461 e. The number of hydrogen-bond acceptors (Lipinski definition) is 4. The second-order valence-electron chi connectivity index (χ2n) is 6.30. The molecule has 0 aliphatic heterocycles. The summed E-state index contributed by atoms with van der Waals surface area (Å²) < 4.78 is 8.14. The minimum absolute atomic E-state index is 0.00453. The predicted molar refractivity (Wildman–Crippen MR) is 97.0 cm³/mol. The van der Waals surface area contributed by atoms with Gasteiger partial charge in [0.2, 0.25) is 0 Å². The van der Waals surface area contributed by atoms with Gasteiger partial charge in [0, 0.05) is 0 Å². The summed E-state index contributed by atoms with van der Waals surface area (Å²) in [5, 5.41) is 5.08. The molecule has 1 N–H and O–H groups in total. The fourth-order valence-electron chi connectivity index (χ4n) is 3.44. The molecule has 0 aromatic heterocycles. The molecular weight excluding hydrogens is 340 g/mol. The van der Waals surface area contributed by atoms with Gasteiger partial charge in [0.15, 0.2) is 0 Å². The first kappa shape index (κ1) is 21.2. The van der Waals surface area contributed by atoms with Crippen molar-refractivity contribution < 1.29 is 9.53 Å². The maximum absolute atomic E-state index is 12.4. The van der Waals surface area contributed by atoms with Crippen LogP contribution in [0.1, 0.15) is 51.5 Å². The Balaban J connectivity index is 0.000000550. The van der Waals surface area contributed by atoms with E-state index in [-0.39, 0.29) is 11.9 Å². The van der Waals surface area contributed by atoms with E-state index in [1.54, 1.807) is 0 Å². The van der Waals surface area contributed by atoms with E-state index in [0.29, 0.717) is 18.4 Å². The van der Waals surface area contributed by atoms with Gasteiger partial charge in [-0.25, -0.2) is 0 Å². The number of nitrogens with zero attached hydrogens (tertiary/aromatic N) is 3. The van der Waals surface area contributed by atoms with Gasteiger partial charge in [-0.1, -0.05) is 68.1 Å². The zero-order chi connectivity index (χ0) is 18.5. The number of ether oxygens (including phenoxy) is 1. The molecule has 7 heteroatoms. The van der Waals surface area contributed by atoms with E-state index < -0.39 is 0 Å². The van der Waals surface area contributed by atoms with Gasteiger partial charge in [0.25, 0.3) is 0 Å². The molecule has 0 unspecified atom stereocenters. The van der Waals surface area contributed by atoms with Gasteiger partial charge in [0.05, 0.1) is 17.7 Å². The summed E-state index contributed by atoms with van der Waals surface area (Å²) in [5.74, 6) is 1.24. The molecule has 2 rings (SSSR count). The molecule has 138 valence electrons. The molecule has 0 bridgehead atoms. The van der Waals surface area contributed by atoms with Crippen LogP contribution in [0.2, 0.25) is 0 Å². The molecule has 1 fully saturated rings. The summed E-state index contributed by atoms with van der Waals surface area (Å²) in [6.07, 6.45) is 5.90. The van der Waals surface area contributed by atoms with Crippen LogP contribution in [0.3, 0.4) is 0 Å². The van der Waals surface area contributed by atoms with Gasteiger partial charge in [-0.15, -0.1) is 0 Å². The third kappa shape index (κ3) is 7.73. The Morgan fingerprint density at radius 2 is 2.00 bits per heavy atom. The lowest BCUT2D eigenvalue weighted by Gasteiger charge is -2.33. The van der Waals surface area contributed by atoms with Crippen LogP contribution in [0.4, 0.5) is 0 Å². The Hall–Kier alpha value is -1.82. The molecule has 25 heavy (non-hydrogen) atoms. The largest absolute Gasteiger partial charge is 0.461 e. The zero-order valence-corrected chi connectivity index (χ0v) is 15.7. The van der Waals surface area contributed by atoms with Crippen LogP contribution in [0.15, 0.2) is 45.4 Å². The van der Waals surface area contributed by atoms with Crippen LogP contribution in [-0.2, 0) is 16.1 Å². The number of halogens is 1. The van der Waals surface area contributed by atoms with Gasteiger partial charge < -0.3 is 4.74 Å². The molecule has 0 spiro atoms. The summed E-state index contributed by atoms with van der Waals surface area (Å²) in [7, 11) is 0. The van der Waals surface area contributed by atoms with Crippen LogP contribution in [0, 0.1) is 23.3 Å². The lowest BCUT2D eigenvalue weighted by molar-refractivity contribution is -0.153. The lowest BCUT2D eigenvalue weighted by atomic mass is 9.72. The monoisotopic (exact) mass is 366 g/mol. The highest BCUT2D eigenvalue weighted by atomic mass is 35.5. The van der Waals surface area contributed by atoms with Crippen LogP contribution >= 0.6 is 11.8 Å².